The van der Waals surface area contributed by atoms with E-state index in [9.17, 15) is 0 Å². The van der Waals surface area contributed by atoms with E-state index in [1.165, 1.54) is 0 Å². The molecule has 1 aliphatic heterocycles. The van der Waals surface area contributed by atoms with E-state index in [-0.39, 0.29) is 6.61 Å². The average Bonchev–Trinajstić information content (AvgIpc) is 2.22. The maximum absolute atomic E-state index is 8.97. The van der Waals surface area contributed by atoms with E-state index in [1.807, 2.05) is 0 Å². The molecule has 2 N–H and O–H groups in total. The third-order valence-corrected chi connectivity index (χ3v) is 3.04. The highest BCUT2D eigenvalue weighted by Crippen LogP contribution is 2.02. The molecule has 0 spiro atoms. The molecule has 15 heavy (non-hydrogen) atoms. The normalized spacial score (nSPS) is 21.8. The van der Waals surface area contributed by atoms with Crippen LogP contribution in [-0.2, 0) is 0 Å². The molecule has 0 aromatic carbocycles. The van der Waals surface area contributed by atoms with Crippen LogP contribution in [0.1, 0.15) is 13.3 Å². The fraction of sp³-hybridized carbons (Fsp3) is 1.00. The average molecular weight is 215 g/mol. The number of aliphatic hydroxyl groups excluding tert-OH is 1. The molecule has 0 aromatic heterocycles. The van der Waals surface area contributed by atoms with Gasteiger partial charge in [0.2, 0.25) is 0 Å². The van der Waals surface area contributed by atoms with Crippen LogP contribution in [0.4, 0.5) is 0 Å². The van der Waals surface area contributed by atoms with Gasteiger partial charge in [0.1, 0.15) is 0 Å². The number of nitrogens with zero attached hydrogens (tertiary/aromatic N) is 2. The number of likely N-dealkylation sites (N-methyl/N-ethyl adjacent to an activating group) is 2. The molecule has 1 saturated heterocycles. The first-order valence-electron chi connectivity index (χ1n) is 6.01. The van der Waals surface area contributed by atoms with Crippen LogP contribution in [-0.4, -0.2) is 73.9 Å². The Morgan fingerprint density at radius 3 is 2.47 bits per heavy atom. The van der Waals surface area contributed by atoms with E-state index in [0.717, 1.165) is 45.7 Å². The van der Waals surface area contributed by atoms with E-state index >= 15 is 0 Å². The Hall–Kier alpha value is -0.160. The van der Waals surface area contributed by atoms with E-state index in [4.69, 9.17) is 5.11 Å². The molecule has 4 nitrogen and oxygen atoms in total. The third-order valence-electron chi connectivity index (χ3n) is 3.04. The van der Waals surface area contributed by atoms with Crippen molar-refractivity contribution in [3.63, 3.8) is 0 Å². The summed E-state index contributed by atoms with van der Waals surface area (Å²) in [6.07, 6.45) is 0.861. The molecule has 1 aliphatic rings. The van der Waals surface area contributed by atoms with E-state index in [1.54, 1.807) is 0 Å². The molecule has 1 rings (SSSR count). The monoisotopic (exact) mass is 215 g/mol. The van der Waals surface area contributed by atoms with Crippen LogP contribution >= 0.6 is 0 Å². The molecule has 4 heteroatoms. The zero-order valence-electron chi connectivity index (χ0n) is 10.1. The summed E-state index contributed by atoms with van der Waals surface area (Å²) in [6.45, 7) is 9.10. The second-order valence-electron chi connectivity index (χ2n) is 4.37. The Bertz CT molecular complexity index is 152. The van der Waals surface area contributed by atoms with Crippen LogP contribution in [0.25, 0.3) is 0 Å². The Kier molecular flexibility index (Phi) is 6.17. The minimum absolute atomic E-state index is 0.283. The van der Waals surface area contributed by atoms with E-state index in [0.29, 0.717) is 6.04 Å². The van der Waals surface area contributed by atoms with E-state index in [2.05, 4.69) is 29.1 Å². The van der Waals surface area contributed by atoms with Gasteiger partial charge in [0.15, 0.2) is 0 Å². The molecule has 1 heterocycles. The van der Waals surface area contributed by atoms with Crippen LogP contribution in [0.2, 0.25) is 0 Å². The summed E-state index contributed by atoms with van der Waals surface area (Å²) in [7, 11) is 2.17. The summed E-state index contributed by atoms with van der Waals surface area (Å²) in [5.41, 5.74) is 0. The summed E-state index contributed by atoms with van der Waals surface area (Å²) in [5.74, 6) is 0. The van der Waals surface area contributed by atoms with E-state index < -0.39 is 0 Å². The van der Waals surface area contributed by atoms with Gasteiger partial charge in [-0.25, -0.2) is 0 Å². The van der Waals surface area contributed by atoms with Gasteiger partial charge < -0.3 is 15.3 Å². The predicted octanol–water partition coefficient (Wildman–Crippen LogP) is -0.406. The largest absolute Gasteiger partial charge is 0.396 e. The van der Waals surface area contributed by atoms with Crippen LogP contribution in [0.5, 0.6) is 0 Å². The lowest BCUT2D eigenvalue weighted by molar-refractivity contribution is 0.135. The summed E-state index contributed by atoms with van der Waals surface area (Å²) in [6, 6.07) is 0.448. The minimum Gasteiger partial charge on any atom is -0.396 e. The second-order valence-corrected chi connectivity index (χ2v) is 4.37. The standard InChI is InChI=1S/C11H25N3O/c1-3-12-11(4-9-15)10-14-7-5-13(2)6-8-14/h11-12,15H,3-10H2,1-2H3. The van der Waals surface area contributed by atoms with Crippen LogP contribution in [0.15, 0.2) is 0 Å². The zero-order valence-corrected chi connectivity index (χ0v) is 10.1. The SMILES string of the molecule is CCNC(CCO)CN1CCN(C)CC1. The predicted molar refractivity (Wildman–Crippen MR) is 63.1 cm³/mol. The number of hydrogen-bond acceptors (Lipinski definition) is 4. The van der Waals surface area contributed by atoms with Gasteiger partial charge in [-0.15, -0.1) is 0 Å². The van der Waals surface area contributed by atoms with Crippen molar-refractivity contribution in [2.75, 3.05) is 52.9 Å². The fourth-order valence-corrected chi connectivity index (χ4v) is 2.04. The Morgan fingerprint density at radius 1 is 1.27 bits per heavy atom. The summed E-state index contributed by atoms with van der Waals surface area (Å²) < 4.78 is 0. The van der Waals surface area contributed by atoms with Crippen molar-refractivity contribution >= 4 is 0 Å². The second kappa shape index (κ2) is 7.17. The molecule has 0 radical (unpaired) electrons. The highest BCUT2D eigenvalue weighted by molar-refractivity contribution is 4.76. The highest BCUT2D eigenvalue weighted by Gasteiger charge is 2.17. The molecule has 0 amide bonds. The lowest BCUT2D eigenvalue weighted by Crippen LogP contribution is -2.49. The van der Waals surface area contributed by atoms with Crippen LogP contribution < -0.4 is 5.32 Å². The third kappa shape index (κ3) is 4.93. The van der Waals surface area contributed by atoms with Crippen molar-refractivity contribution < 1.29 is 5.11 Å². The van der Waals surface area contributed by atoms with Gasteiger partial charge in [-0.2, -0.15) is 0 Å². The van der Waals surface area contributed by atoms with Gasteiger partial charge in [0.05, 0.1) is 0 Å². The van der Waals surface area contributed by atoms with Crippen molar-refractivity contribution in [3.8, 4) is 0 Å². The van der Waals surface area contributed by atoms with Crippen molar-refractivity contribution in [2.45, 2.75) is 19.4 Å². The van der Waals surface area contributed by atoms with Crippen molar-refractivity contribution in [1.82, 2.24) is 15.1 Å². The maximum Gasteiger partial charge on any atom is 0.0446 e. The molecule has 0 saturated carbocycles. The molecule has 90 valence electrons. The number of piperazine rings is 1. The molecule has 1 fully saturated rings. The van der Waals surface area contributed by atoms with Gasteiger partial charge >= 0.3 is 0 Å². The molecular formula is C11H25N3O. The molecular weight excluding hydrogens is 190 g/mol. The first kappa shape index (κ1) is 12.9. The molecule has 1 unspecified atom stereocenters. The van der Waals surface area contributed by atoms with Crippen LogP contribution in [0.3, 0.4) is 0 Å². The smallest absolute Gasteiger partial charge is 0.0446 e. The number of aliphatic hydroxyl groups is 1. The Balaban J connectivity index is 2.24. The fourth-order valence-electron chi connectivity index (χ4n) is 2.04. The zero-order chi connectivity index (χ0) is 11.1. The number of rotatable bonds is 6. The quantitative estimate of drug-likeness (QED) is 0.632. The molecule has 1 atom stereocenters. The van der Waals surface area contributed by atoms with Gasteiger partial charge in [-0.05, 0) is 20.0 Å². The van der Waals surface area contributed by atoms with Crippen LogP contribution in [0, 0.1) is 0 Å². The topological polar surface area (TPSA) is 38.7 Å². The van der Waals surface area contributed by atoms with Gasteiger partial charge in [0.25, 0.3) is 0 Å². The number of nitrogens with one attached hydrogen (secondary N) is 1. The maximum atomic E-state index is 8.97. The lowest BCUT2D eigenvalue weighted by Gasteiger charge is -2.34. The summed E-state index contributed by atoms with van der Waals surface area (Å²) >= 11 is 0. The lowest BCUT2D eigenvalue weighted by atomic mass is 10.2. The number of hydrogen-bond donors (Lipinski definition) is 2. The molecule has 0 aromatic rings. The van der Waals surface area contributed by atoms with Crippen molar-refractivity contribution in [2.24, 2.45) is 0 Å². The van der Waals surface area contributed by atoms with Gasteiger partial charge in [0, 0.05) is 45.4 Å². The summed E-state index contributed by atoms with van der Waals surface area (Å²) in [5, 5.41) is 12.4. The molecule has 0 bridgehead atoms. The minimum atomic E-state index is 0.283. The van der Waals surface area contributed by atoms with Crippen molar-refractivity contribution in [3.05, 3.63) is 0 Å². The first-order chi connectivity index (χ1) is 7.26. The summed E-state index contributed by atoms with van der Waals surface area (Å²) in [4.78, 5) is 4.85. The highest BCUT2D eigenvalue weighted by atomic mass is 16.3. The molecule has 0 aliphatic carbocycles. The van der Waals surface area contributed by atoms with Crippen molar-refractivity contribution in [1.29, 1.82) is 0 Å². The Morgan fingerprint density at radius 2 is 1.93 bits per heavy atom. The Labute approximate surface area is 93.2 Å². The first-order valence-corrected chi connectivity index (χ1v) is 6.01. The van der Waals surface area contributed by atoms with Gasteiger partial charge in [-0.3, -0.25) is 4.90 Å². The van der Waals surface area contributed by atoms with Gasteiger partial charge in [-0.1, -0.05) is 6.92 Å².